The maximum Gasteiger partial charge on any atom is 0.231 e. The number of ether oxygens (including phenoxy) is 2. The van der Waals surface area contributed by atoms with Gasteiger partial charge in [0.05, 0.1) is 0 Å². The average molecular weight is 219 g/mol. The number of hydrogen-bond donors (Lipinski definition) is 1. The summed E-state index contributed by atoms with van der Waals surface area (Å²) in [7, 11) is 0. The summed E-state index contributed by atoms with van der Waals surface area (Å²) in [5.74, 6) is 1.68. The molecule has 1 heterocycles. The Morgan fingerprint density at radius 1 is 1.38 bits per heavy atom. The van der Waals surface area contributed by atoms with Crippen molar-refractivity contribution >= 4 is 0 Å². The van der Waals surface area contributed by atoms with Gasteiger partial charge in [-0.2, -0.15) is 0 Å². The molecular weight excluding hydrogens is 202 g/mol. The van der Waals surface area contributed by atoms with Crippen molar-refractivity contribution in [1.29, 1.82) is 0 Å². The second-order valence-electron chi connectivity index (χ2n) is 3.89. The molecule has 0 spiro atoms. The standard InChI is InChI=1S/C13H17NO2/c1-3-10(2)7-14-8-11-4-5-12-13(6-11)16-9-15-12/h4-6,14H,2-3,7-9H2,1H3. The highest BCUT2D eigenvalue weighted by Crippen LogP contribution is 2.32. The molecule has 3 nitrogen and oxygen atoms in total. The molecular formula is C13H17NO2. The topological polar surface area (TPSA) is 30.5 Å². The van der Waals surface area contributed by atoms with Crippen molar-refractivity contribution in [2.45, 2.75) is 19.9 Å². The van der Waals surface area contributed by atoms with Crippen molar-refractivity contribution in [2.24, 2.45) is 0 Å². The fourth-order valence-corrected chi connectivity index (χ4v) is 1.56. The van der Waals surface area contributed by atoms with Gasteiger partial charge in [0, 0.05) is 13.1 Å². The van der Waals surface area contributed by atoms with E-state index >= 15 is 0 Å². The van der Waals surface area contributed by atoms with Crippen molar-refractivity contribution in [3.8, 4) is 11.5 Å². The molecule has 0 amide bonds. The smallest absolute Gasteiger partial charge is 0.231 e. The van der Waals surface area contributed by atoms with Crippen LogP contribution in [0.5, 0.6) is 11.5 Å². The molecule has 0 aliphatic carbocycles. The molecule has 2 rings (SSSR count). The predicted molar refractivity (Wildman–Crippen MR) is 63.7 cm³/mol. The van der Waals surface area contributed by atoms with Crippen molar-refractivity contribution < 1.29 is 9.47 Å². The van der Waals surface area contributed by atoms with Gasteiger partial charge in [0.2, 0.25) is 6.79 Å². The van der Waals surface area contributed by atoms with Crippen LogP contribution in [0.25, 0.3) is 0 Å². The molecule has 1 aliphatic rings. The first-order valence-electron chi connectivity index (χ1n) is 5.55. The Labute approximate surface area is 96.1 Å². The third-order valence-electron chi connectivity index (χ3n) is 2.64. The quantitative estimate of drug-likeness (QED) is 0.772. The van der Waals surface area contributed by atoms with Crippen LogP contribution < -0.4 is 14.8 Å². The summed E-state index contributed by atoms with van der Waals surface area (Å²) in [6, 6.07) is 6.02. The Bertz CT molecular complexity index is 388. The summed E-state index contributed by atoms with van der Waals surface area (Å²) >= 11 is 0. The first-order valence-corrected chi connectivity index (χ1v) is 5.55. The lowest BCUT2D eigenvalue weighted by Gasteiger charge is -2.06. The van der Waals surface area contributed by atoms with Crippen LogP contribution in [0, 0.1) is 0 Å². The second-order valence-corrected chi connectivity index (χ2v) is 3.89. The van der Waals surface area contributed by atoms with E-state index in [0.717, 1.165) is 31.0 Å². The molecule has 16 heavy (non-hydrogen) atoms. The van der Waals surface area contributed by atoms with Gasteiger partial charge in [-0.3, -0.25) is 0 Å². The zero-order chi connectivity index (χ0) is 11.4. The molecule has 0 saturated heterocycles. The maximum absolute atomic E-state index is 5.32. The van der Waals surface area contributed by atoms with E-state index in [9.17, 15) is 0 Å². The molecule has 3 heteroatoms. The average Bonchev–Trinajstić information content (AvgIpc) is 2.76. The summed E-state index contributed by atoms with van der Waals surface area (Å²) < 4.78 is 10.6. The van der Waals surface area contributed by atoms with Gasteiger partial charge < -0.3 is 14.8 Å². The van der Waals surface area contributed by atoms with Crippen LogP contribution >= 0.6 is 0 Å². The lowest BCUT2D eigenvalue weighted by atomic mass is 10.2. The monoisotopic (exact) mass is 219 g/mol. The van der Waals surface area contributed by atoms with E-state index in [1.54, 1.807) is 0 Å². The Balaban J connectivity index is 1.88. The van der Waals surface area contributed by atoms with Gasteiger partial charge in [-0.1, -0.05) is 25.1 Å². The number of hydrogen-bond acceptors (Lipinski definition) is 3. The minimum atomic E-state index is 0.332. The fourth-order valence-electron chi connectivity index (χ4n) is 1.56. The molecule has 0 saturated carbocycles. The molecule has 0 bridgehead atoms. The van der Waals surface area contributed by atoms with Gasteiger partial charge in [0.25, 0.3) is 0 Å². The lowest BCUT2D eigenvalue weighted by molar-refractivity contribution is 0.174. The van der Waals surface area contributed by atoms with Gasteiger partial charge in [-0.25, -0.2) is 0 Å². The highest BCUT2D eigenvalue weighted by atomic mass is 16.7. The van der Waals surface area contributed by atoms with Crippen molar-refractivity contribution in [2.75, 3.05) is 13.3 Å². The molecule has 86 valence electrons. The fraction of sp³-hybridized carbons (Fsp3) is 0.385. The normalized spacial score (nSPS) is 12.8. The van der Waals surface area contributed by atoms with Crippen LogP contribution in [0.2, 0.25) is 0 Å². The third kappa shape index (κ3) is 2.55. The SMILES string of the molecule is C=C(CC)CNCc1ccc2c(c1)OCO2. The van der Waals surface area contributed by atoms with Gasteiger partial charge in [0.15, 0.2) is 11.5 Å². The van der Waals surface area contributed by atoms with Gasteiger partial charge in [-0.05, 0) is 24.1 Å². The molecule has 1 aromatic rings. The minimum absolute atomic E-state index is 0.332. The van der Waals surface area contributed by atoms with Gasteiger partial charge in [-0.15, -0.1) is 0 Å². The van der Waals surface area contributed by atoms with Gasteiger partial charge in [0.1, 0.15) is 0 Å². The summed E-state index contributed by atoms with van der Waals surface area (Å²) in [5, 5.41) is 3.35. The zero-order valence-corrected chi connectivity index (χ0v) is 9.58. The second kappa shape index (κ2) is 5.03. The largest absolute Gasteiger partial charge is 0.454 e. The first-order chi connectivity index (χ1) is 7.79. The molecule has 0 atom stereocenters. The minimum Gasteiger partial charge on any atom is -0.454 e. The first kappa shape index (κ1) is 11.0. The summed E-state index contributed by atoms with van der Waals surface area (Å²) in [4.78, 5) is 0. The van der Waals surface area contributed by atoms with Crippen LogP contribution in [0.3, 0.4) is 0 Å². The van der Waals surface area contributed by atoms with Crippen LogP contribution in [0.15, 0.2) is 30.4 Å². The van der Waals surface area contributed by atoms with E-state index in [0.29, 0.717) is 6.79 Å². The molecule has 1 N–H and O–H groups in total. The number of nitrogens with one attached hydrogen (secondary N) is 1. The van der Waals surface area contributed by atoms with Crippen molar-refractivity contribution in [3.05, 3.63) is 35.9 Å². The molecule has 1 aromatic carbocycles. The molecule has 0 aromatic heterocycles. The Morgan fingerprint density at radius 2 is 2.19 bits per heavy atom. The van der Waals surface area contributed by atoms with Crippen LogP contribution in [-0.4, -0.2) is 13.3 Å². The Kier molecular flexibility index (Phi) is 3.47. The Hall–Kier alpha value is -1.48. The lowest BCUT2D eigenvalue weighted by Crippen LogP contribution is -2.15. The summed E-state index contributed by atoms with van der Waals surface area (Å²) in [6.07, 6.45) is 1.02. The molecule has 1 aliphatic heterocycles. The predicted octanol–water partition coefficient (Wildman–Crippen LogP) is 2.47. The van der Waals surface area contributed by atoms with E-state index in [-0.39, 0.29) is 0 Å². The number of benzene rings is 1. The number of fused-ring (bicyclic) bond motifs is 1. The summed E-state index contributed by atoms with van der Waals surface area (Å²) in [5.41, 5.74) is 2.42. The summed E-state index contributed by atoms with van der Waals surface area (Å²) in [6.45, 7) is 8.10. The van der Waals surface area contributed by atoms with Crippen LogP contribution in [0.1, 0.15) is 18.9 Å². The molecule has 0 fully saturated rings. The maximum atomic E-state index is 5.32. The number of rotatable bonds is 5. The highest BCUT2D eigenvalue weighted by Gasteiger charge is 2.12. The molecule has 0 radical (unpaired) electrons. The van der Waals surface area contributed by atoms with E-state index < -0.39 is 0 Å². The third-order valence-corrected chi connectivity index (χ3v) is 2.64. The molecule has 0 unspecified atom stereocenters. The van der Waals surface area contributed by atoms with E-state index in [2.05, 4.69) is 24.9 Å². The van der Waals surface area contributed by atoms with Crippen molar-refractivity contribution in [3.63, 3.8) is 0 Å². The van der Waals surface area contributed by atoms with Crippen molar-refractivity contribution in [1.82, 2.24) is 5.32 Å². The zero-order valence-electron chi connectivity index (χ0n) is 9.58. The van der Waals surface area contributed by atoms with Crippen LogP contribution in [-0.2, 0) is 6.54 Å². The Morgan fingerprint density at radius 3 is 3.00 bits per heavy atom. The highest BCUT2D eigenvalue weighted by molar-refractivity contribution is 5.44. The van der Waals surface area contributed by atoms with E-state index in [4.69, 9.17) is 9.47 Å². The van der Waals surface area contributed by atoms with E-state index in [1.165, 1.54) is 11.1 Å². The van der Waals surface area contributed by atoms with Crippen LogP contribution in [0.4, 0.5) is 0 Å². The van der Waals surface area contributed by atoms with E-state index in [1.807, 2.05) is 12.1 Å². The van der Waals surface area contributed by atoms with Gasteiger partial charge >= 0.3 is 0 Å².